The molecule has 0 aliphatic rings. The number of para-hydroxylation sites is 2. The summed E-state index contributed by atoms with van der Waals surface area (Å²) in [5, 5.41) is 11.2. The summed E-state index contributed by atoms with van der Waals surface area (Å²) in [4.78, 5) is 22.4. The Hall–Kier alpha value is -2.09. The molecule has 0 aliphatic heterocycles. The Balaban J connectivity index is 2.74. The van der Waals surface area contributed by atoms with Gasteiger partial charge in [0.15, 0.2) is 0 Å². The van der Waals surface area contributed by atoms with Gasteiger partial charge in [0, 0.05) is 12.8 Å². The Labute approximate surface area is 123 Å². The lowest BCUT2D eigenvalue weighted by molar-refractivity contribution is -0.138. The topological polar surface area (TPSA) is 113 Å². The van der Waals surface area contributed by atoms with Crippen molar-refractivity contribution in [2.45, 2.75) is 19.8 Å². The van der Waals surface area contributed by atoms with Gasteiger partial charge in [0.25, 0.3) is 0 Å². The van der Waals surface area contributed by atoms with Crippen molar-refractivity contribution in [3.63, 3.8) is 0 Å². The summed E-state index contributed by atoms with van der Waals surface area (Å²) in [7, 11) is -3.45. The first-order valence-corrected chi connectivity index (χ1v) is 8.15. The van der Waals surface area contributed by atoms with Crippen molar-refractivity contribution in [1.29, 1.82) is 0 Å². The van der Waals surface area contributed by atoms with Crippen molar-refractivity contribution in [3.05, 3.63) is 24.3 Å². The summed E-state index contributed by atoms with van der Waals surface area (Å²) in [5.74, 6) is -1.64. The fourth-order valence-corrected chi connectivity index (χ4v) is 2.35. The van der Waals surface area contributed by atoms with Crippen LogP contribution in [0, 0.1) is 5.92 Å². The van der Waals surface area contributed by atoms with E-state index in [1.165, 1.54) is 6.07 Å². The Kier molecular flexibility index (Phi) is 5.71. The standard InChI is InChI=1S/C13H18N2O5S/c1-9(8-13(17)18)7-12(16)14-10-5-3-4-6-11(10)15-21(2,19)20/h3-6,9,15H,7-8H2,1-2H3,(H,14,16)(H,17,18). The third-order valence-corrected chi connectivity index (χ3v) is 3.14. The number of carboxylic acid groups (broad SMARTS) is 1. The van der Waals surface area contributed by atoms with Crippen molar-refractivity contribution in [3.8, 4) is 0 Å². The van der Waals surface area contributed by atoms with E-state index in [0.717, 1.165) is 6.26 Å². The Morgan fingerprint density at radius 1 is 1.19 bits per heavy atom. The van der Waals surface area contributed by atoms with Crippen LogP contribution in [0.3, 0.4) is 0 Å². The third-order valence-electron chi connectivity index (χ3n) is 2.55. The molecule has 0 aliphatic carbocycles. The summed E-state index contributed by atoms with van der Waals surface area (Å²) < 4.78 is 24.8. The second kappa shape index (κ2) is 7.07. The van der Waals surface area contributed by atoms with Crippen molar-refractivity contribution >= 4 is 33.3 Å². The maximum absolute atomic E-state index is 11.8. The zero-order chi connectivity index (χ0) is 16.0. The van der Waals surface area contributed by atoms with E-state index in [1.807, 2.05) is 0 Å². The van der Waals surface area contributed by atoms with Gasteiger partial charge in [-0.05, 0) is 18.1 Å². The van der Waals surface area contributed by atoms with Crippen LogP contribution in [-0.2, 0) is 19.6 Å². The highest BCUT2D eigenvalue weighted by molar-refractivity contribution is 7.92. The maximum atomic E-state index is 11.8. The van der Waals surface area contributed by atoms with Crippen LogP contribution < -0.4 is 10.0 Å². The van der Waals surface area contributed by atoms with Crippen LogP contribution >= 0.6 is 0 Å². The average molecular weight is 314 g/mol. The number of hydrogen-bond acceptors (Lipinski definition) is 4. The first-order valence-electron chi connectivity index (χ1n) is 6.26. The maximum Gasteiger partial charge on any atom is 0.303 e. The van der Waals surface area contributed by atoms with Crippen LogP contribution in [0.4, 0.5) is 11.4 Å². The van der Waals surface area contributed by atoms with Crippen molar-refractivity contribution < 1.29 is 23.1 Å². The fraction of sp³-hybridized carbons (Fsp3) is 0.385. The molecule has 3 N–H and O–H groups in total. The molecule has 21 heavy (non-hydrogen) atoms. The lowest BCUT2D eigenvalue weighted by Gasteiger charge is -2.13. The van der Waals surface area contributed by atoms with Gasteiger partial charge in [0.05, 0.1) is 17.6 Å². The number of carbonyl (C=O) groups excluding carboxylic acids is 1. The molecule has 8 heteroatoms. The van der Waals surface area contributed by atoms with Gasteiger partial charge in [-0.25, -0.2) is 8.42 Å². The minimum absolute atomic E-state index is 0.0412. The van der Waals surface area contributed by atoms with Crippen molar-refractivity contribution in [2.24, 2.45) is 5.92 Å². The average Bonchev–Trinajstić information content (AvgIpc) is 2.28. The summed E-state index contributed by atoms with van der Waals surface area (Å²) in [6.45, 7) is 1.66. The highest BCUT2D eigenvalue weighted by Gasteiger charge is 2.14. The smallest absolute Gasteiger partial charge is 0.303 e. The molecule has 1 atom stereocenters. The fourth-order valence-electron chi connectivity index (χ4n) is 1.77. The highest BCUT2D eigenvalue weighted by Crippen LogP contribution is 2.22. The molecule has 0 aromatic heterocycles. The molecule has 116 valence electrons. The molecule has 7 nitrogen and oxygen atoms in total. The van der Waals surface area contributed by atoms with Gasteiger partial charge >= 0.3 is 5.97 Å². The monoisotopic (exact) mass is 314 g/mol. The quantitative estimate of drug-likeness (QED) is 0.706. The minimum atomic E-state index is -3.45. The van der Waals surface area contributed by atoms with E-state index < -0.39 is 16.0 Å². The van der Waals surface area contributed by atoms with Gasteiger partial charge < -0.3 is 10.4 Å². The van der Waals surface area contributed by atoms with Crippen LogP contribution in [0.25, 0.3) is 0 Å². The number of amides is 1. The number of nitrogens with one attached hydrogen (secondary N) is 2. The lowest BCUT2D eigenvalue weighted by atomic mass is 10.0. The zero-order valence-corrected chi connectivity index (χ0v) is 12.6. The molecular formula is C13H18N2O5S. The molecule has 0 spiro atoms. The van der Waals surface area contributed by atoms with Gasteiger partial charge in [-0.1, -0.05) is 19.1 Å². The van der Waals surface area contributed by atoms with Gasteiger partial charge in [0.1, 0.15) is 0 Å². The van der Waals surface area contributed by atoms with E-state index in [0.29, 0.717) is 5.69 Å². The molecule has 1 aromatic rings. The second-order valence-corrected chi connectivity index (χ2v) is 6.62. The van der Waals surface area contributed by atoms with Crippen molar-refractivity contribution in [1.82, 2.24) is 0 Å². The summed E-state index contributed by atoms with van der Waals surface area (Å²) >= 11 is 0. The zero-order valence-electron chi connectivity index (χ0n) is 11.8. The second-order valence-electron chi connectivity index (χ2n) is 4.88. The Morgan fingerprint density at radius 2 is 1.76 bits per heavy atom. The number of carbonyl (C=O) groups is 2. The molecule has 1 unspecified atom stereocenters. The molecule has 0 saturated heterocycles. The third kappa shape index (κ3) is 6.75. The molecular weight excluding hydrogens is 296 g/mol. The first kappa shape index (κ1) is 17.0. The number of rotatable bonds is 7. The highest BCUT2D eigenvalue weighted by atomic mass is 32.2. The number of carboxylic acids is 1. The van der Waals surface area contributed by atoms with Crippen LogP contribution in [0.15, 0.2) is 24.3 Å². The molecule has 0 bridgehead atoms. The molecule has 0 heterocycles. The summed E-state index contributed by atoms with van der Waals surface area (Å²) in [6, 6.07) is 6.38. The number of hydrogen-bond donors (Lipinski definition) is 3. The normalized spacial score (nSPS) is 12.5. The predicted molar refractivity (Wildman–Crippen MR) is 79.6 cm³/mol. The summed E-state index contributed by atoms with van der Waals surface area (Å²) in [6.07, 6.45) is 0.955. The number of benzene rings is 1. The molecule has 1 rings (SSSR count). The molecule has 0 radical (unpaired) electrons. The lowest BCUT2D eigenvalue weighted by Crippen LogP contribution is -2.18. The van der Waals surface area contributed by atoms with Crippen LogP contribution in [-0.4, -0.2) is 31.7 Å². The number of anilines is 2. The summed E-state index contributed by atoms with van der Waals surface area (Å²) in [5.41, 5.74) is 0.592. The van der Waals surface area contributed by atoms with Gasteiger partial charge in [-0.15, -0.1) is 0 Å². The van der Waals surface area contributed by atoms with E-state index in [-0.39, 0.29) is 30.4 Å². The predicted octanol–water partition coefficient (Wildman–Crippen LogP) is 1.50. The van der Waals surface area contributed by atoms with E-state index >= 15 is 0 Å². The molecule has 0 fully saturated rings. The van der Waals surface area contributed by atoms with Gasteiger partial charge in [0.2, 0.25) is 15.9 Å². The van der Waals surface area contributed by atoms with Crippen LogP contribution in [0.1, 0.15) is 19.8 Å². The Morgan fingerprint density at radius 3 is 2.29 bits per heavy atom. The minimum Gasteiger partial charge on any atom is -0.481 e. The number of sulfonamides is 1. The van der Waals surface area contributed by atoms with E-state index in [1.54, 1.807) is 25.1 Å². The molecule has 1 amide bonds. The van der Waals surface area contributed by atoms with Crippen LogP contribution in [0.5, 0.6) is 0 Å². The van der Waals surface area contributed by atoms with E-state index in [9.17, 15) is 18.0 Å². The number of aliphatic carboxylic acids is 1. The Bertz CT molecular complexity index is 627. The van der Waals surface area contributed by atoms with Crippen LogP contribution in [0.2, 0.25) is 0 Å². The van der Waals surface area contributed by atoms with Gasteiger partial charge in [-0.2, -0.15) is 0 Å². The van der Waals surface area contributed by atoms with Gasteiger partial charge in [-0.3, -0.25) is 14.3 Å². The van der Waals surface area contributed by atoms with E-state index in [2.05, 4.69) is 10.0 Å². The largest absolute Gasteiger partial charge is 0.481 e. The van der Waals surface area contributed by atoms with Crippen molar-refractivity contribution in [2.75, 3.05) is 16.3 Å². The molecule has 0 saturated carbocycles. The SMILES string of the molecule is CC(CC(=O)O)CC(=O)Nc1ccccc1NS(C)(=O)=O. The molecule has 1 aromatic carbocycles. The first-order chi connectivity index (χ1) is 9.67. The van der Waals surface area contributed by atoms with E-state index in [4.69, 9.17) is 5.11 Å².